The highest BCUT2D eigenvalue weighted by Gasteiger charge is 2.73. The lowest BCUT2D eigenvalue weighted by atomic mass is 10.4. The molecule has 0 aliphatic carbocycles. The molecule has 4 saturated heterocycles. The molecule has 15 nitrogen and oxygen atoms in total. The Hall–Kier alpha value is 1.22. The van der Waals surface area contributed by atoms with Gasteiger partial charge in [-0.25, -0.2) is 0 Å². The first-order valence-corrected chi connectivity index (χ1v) is 43.2. The number of fused-ring (bicyclic) bond motifs is 4. The molecule has 4 atom stereocenters. The van der Waals surface area contributed by atoms with Gasteiger partial charge in [0.05, 0.1) is 0 Å². The molecule has 0 saturated carbocycles. The Kier molecular flexibility index (Phi) is 14.7. The van der Waals surface area contributed by atoms with Crippen LogP contribution in [-0.4, -0.2) is 122 Å². The van der Waals surface area contributed by atoms with Crippen molar-refractivity contribution >= 4 is 113 Å². The van der Waals surface area contributed by atoms with Crippen molar-refractivity contribution in [3.8, 4) is 0 Å². The summed E-state index contributed by atoms with van der Waals surface area (Å²) >= 11 is 0. The summed E-state index contributed by atoms with van der Waals surface area (Å²) in [6, 6.07) is 10.5. The zero-order valence-corrected chi connectivity index (χ0v) is 45.5. The first-order chi connectivity index (χ1) is 22.2. The van der Waals surface area contributed by atoms with Gasteiger partial charge >= 0.3 is 79.5 Å². The zero-order valence-electron chi connectivity index (χ0n) is 32.2. The van der Waals surface area contributed by atoms with Crippen LogP contribution < -0.4 is 5.19 Å². The molecule has 4 unspecified atom stereocenters. The third kappa shape index (κ3) is 12.6. The molecule has 6 bridgehead atoms. The largest absolute Gasteiger partial charge is 0.475 e. The molecule has 27 heteroatoms. The summed E-state index contributed by atoms with van der Waals surface area (Å²) in [5, 5.41) is 1.32. The second-order valence-corrected chi connectivity index (χ2v) is 48.1. The maximum Gasteiger partial charge on any atom is 0.475 e. The summed E-state index contributed by atoms with van der Waals surface area (Å²) in [5.74, 6) is 0. The highest BCUT2D eigenvalue weighted by Crippen LogP contribution is 2.43. The molecule has 4 aliphatic rings. The van der Waals surface area contributed by atoms with Crippen molar-refractivity contribution in [2.45, 2.75) is 91.7 Å². The van der Waals surface area contributed by atoms with E-state index in [9.17, 15) is 0 Å². The lowest BCUT2D eigenvalue weighted by molar-refractivity contribution is 0.0154. The minimum atomic E-state index is -3.43. The van der Waals surface area contributed by atoms with Gasteiger partial charge in [-0.1, -0.05) is 30.3 Å². The molecule has 0 amide bonds. The summed E-state index contributed by atoms with van der Waals surface area (Å²) in [5.41, 5.74) is 0. The van der Waals surface area contributed by atoms with Crippen LogP contribution in [0, 0.1) is 0 Å². The fraction of sp³-hybridized carbons (Fsp3) is 0.727. The van der Waals surface area contributed by atoms with E-state index in [4.69, 9.17) is 62.3 Å². The molecule has 0 spiro atoms. The predicted octanol–water partition coefficient (Wildman–Crippen LogP) is 2.43. The van der Waals surface area contributed by atoms with Gasteiger partial charge in [0, 0.05) is 60.0 Å². The van der Waals surface area contributed by atoms with Crippen LogP contribution in [0.25, 0.3) is 0 Å². The minimum absolute atomic E-state index is 0.389. The fourth-order valence-electron chi connectivity index (χ4n) is 5.70. The maximum absolute atomic E-state index is 6.45. The Morgan fingerprint density at radius 2 is 0.980 bits per heavy atom. The smallest absolute Gasteiger partial charge is 0.432 e. The fourth-order valence-corrected chi connectivity index (χ4v) is 54.9. The highest BCUT2D eigenvalue weighted by atomic mass is 28.6. The molecule has 0 N–H and O–H groups in total. The number of hydrogen-bond acceptors (Lipinski definition) is 15. The van der Waals surface area contributed by atoms with E-state index in [2.05, 4.69) is 63.5 Å². The lowest BCUT2D eigenvalue weighted by Crippen LogP contribution is -2.81. The normalized spacial score (nSPS) is 40.8. The van der Waals surface area contributed by atoms with E-state index in [1.807, 2.05) is 12.6 Å². The van der Waals surface area contributed by atoms with Crippen molar-refractivity contribution in [3.63, 3.8) is 0 Å². The standard InChI is InChI=1S/C11H20O2Si2.C8H28O12Si9.C3H10OSi/c1-12-15(4,5)13-14(2,3)11-9-7-6-8-10-11;1-22-10-24(3)14-26(5)12-23(2,9-21)13-27(6)15-25(4,11-22)17-28(7,16-24)20-29(8,18-26)19-27;1-4-5(2)3/h6-10H,1-5H3;22H,1-8,21H3;5H,1-3H3. The highest BCUT2D eigenvalue weighted by molar-refractivity contribution is 6.99. The Morgan fingerprint density at radius 3 is 1.31 bits per heavy atom. The monoisotopic (exact) mass is 898 g/mol. The van der Waals surface area contributed by atoms with Gasteiger partial charge in [-0.2, -0.15) is 0 Å². The van der Waals surface area contributed by atoms with Gasteiger partial charge in [0.2, 0.25) is 8.32 Å². The predicted molar refractivity (Wildman–Crippen MR) is 212 cm³/mol. The Balaban J connectivity index is 0.000000272. The van der Waals surface area contributed by atoms with Gasteiger partial charge in [0.25, 0.3) is 0 Å². The number of benzene rings is 1. The average molecular weight is 900 g/mol. The van der Waals surface area contributed by atoms with E-state index in [1.54, 1.807) is 60.0 Å². The summed E-state index contributed by atoms with van der Waals surface area (Å²) in [6.45, 7) is 27.2. The number of rotatable bonds is 6. The quantitative estimate of drug-likeness (QED) is 0.387. The SMILES string of the molecule is CO[SiH](C)C.CO[Si](C)(C)O[Si](C)(C)c1ccccc1.C[SiH]1O[Si]2(C)O[Si]3(C)O[Si](C)(O[SiH3])O[Si]4(C)O[Si](C)(O1)O[Si](C)(O2)O[Si](C)(O3)O4. The van der Waals surface area contributed by atoms with Gasteiger partial charge in [-0.05, 0) is 51.0 Å². The molecule has 4 fully saturated rings. The first kappa shape index (κ1) is 44.6. The molecule has 284 valence electrons. The van der Waals surface area contributed by atoms with Crippen molar-refractivity contribution in [3.05, 3.63) is 30.3 Å². The second-order valence-electron chi connectivity index (χ2n) is 13.8. The number of hydrogen-bond donors (Lipinski definition) is 0. The molecule has 49 heavy (non-hydrogen) atoms. The molecule has 0 aromatic heterocycles. The van der Waals surface area contributed by atoms with E-state index >= 15 is 0 Å². The van der Waals surface area contributed by atoms with Gasteiger partial charge in [-0.3, -0.25) is 0 Å². The average Bonchev–Trinajstić information content (AvgIpc) is 2.88. The summed E-state index contributed by atoms with van der Waals surface area (Å²) < 4.78 is 92.8. The molecule has 4 aliphatic heterocycles. The van der Waals surface area contributed by atoms with Crippen LogP contribution in [0.5, 0.6) is 0 Å². The van der Waals surface area contributed by atoms with E-state index in [0.717, 1.165) is 0 Å². The van der Waals surface area contributed by atoms with E-state index in [1.165, 1.54) is 5.19 Å². The Labute approximate surface area is 309 Å². The van der Waals surface area contributed by atoms with Crippen LogP contribution in [0.2, 0.25) is 91.7 Å². The van der Waals surface area contributed by atoms with Crippen LogP contribution in [0.3, 0.4) is 0 Å². The van der Waals surface area contributed by atoms with Crippen LogP contribution in [-0.2, 0) is 62.3 Å². The van der Waals surface area contributed by atoms with Crippen LogP contribution in [0.1, 0.15) is 0 Å². The molecule has 1 aromatic carbocycles. The molecular formula is C22H58O15Si12. The van der Waals surface area contributed by atoms with Gasteiger partial charge in [-0.15, -0.1) is 0 Å². The van der Waals surface area contributed by atoms with Crippen molar-refractivity contribution in [2.24, 2.45) is 0 Å². The summed E-state index contributed by atoms with van der Waals surface area (Å²) in [6.07, 6.45) is 0. The van der Waals surface area contributed by atoms with Gasteiger partial charge in [0.15, 0.2) is 9.04 Å². The van der Waals surface area contributed by atoms with Gasteiger partial charge < -0.3 is 62.3 Å². The van der Waals surface area contributed by atoms with Crippen LogP contribution in [0.15, 0.2) is 30.3 Å². The lowest BCUT2D eigenvalue weighted by Gasteiger charge is -2.56. The molecule has 4 heterocycles. The molecule has 0 radical (unpaired) electrons. The summed E-state index contributed by atoms with van der Waals surface area (Å²) in [7, 11) is -26.3. The van der Waals surface area contributed by atoms with Crippen molar-refractivity contribution < 1.29 is 62.3 Å². The van der Waals surface area contributed by atoms with Crippen molar-refractivity contribution in [1.29, 1.82) is 0 Å². The molecule has 1 aromatic rings. The van der Waals surface area contributed by atoms with Crippen molar-refractivity contribution in [2.75, 3.05) is 14.2 Å². The second kappa shape index (κ2) is 16.1. The van der Waals surface area contributed by atoms with Gasteiger partial charge in [0.1, 0.15) is 10.5 Å². The van der Waals surface area contributed by atoms with Crippen molar-refractivity contribution in [1.82, 2.24) is 0 Å². The third-order valence-corrected chi connectivity index (χ3v) is 50.8. The summed E-state index contributed by atoms with van der Waals surface area (Å²) in [4.78, 5) is 0. The van der Waals surface area contributed by atoms with E-state index < -0.39 is 96.8 Å². The minimum Gasteiger partial charge on any atom is -0.432 e. The topological polar surface area (TPSA) is 138 Å². The van der Waals surface area contributed by atoms with E-state index in [0.29, 0.717) is 10.5 Å². The molecular weight excluding hydrogens is 841 g/mol. The first-order valence-electron chi connectivity index (χ1n) is 16.2. The zero-order chi connectivity index (χ0) is 37.4. The van der Waals surface area contributed by atoms with Crippen LogP contribution >= 0.6 is 0 Å². The maximum atomic E-state index is 6.45. The Bertz CT molecular complexity index is 1210. The van der Waals surface area contributed by atoms with E-state index in [-0.39, 0.29) is 0 Å². The Morgan fingerprint density at radius 1 is 0.633 bits per heavy atom. The third-order valence-electron chi connectivity index (χ3n) is 7.40. The van der Waals surface area contributed by atoms with Crippen LogP contribution in [0.4, 0.5) is 0 Å². The molecule has 5 rings (SSSR count).